The molecule has 0 atom stereocenters. The summed E-state index contributed by atoms with van der Waals surface area (Å²) >= 11 is 0. The highest BCUT2D eigenvalue weighted by molar-refractivity contribution is 5.81. The van der Waals surface area contributed by atoms with Crippen molar-refractivity contribution in [2.75, 3.05) is 6.79 Å². The lowest BCUT2D eigenvalue weighted by Gasteiger charge is -2.19. The molecule has 100 valence electrons. The molecule has 1 aliphatic rings. The van der Waals surface area contributed by atoms with Gasteiger partial charge in [0.15, 0.2) is 6.79 Å². The lowest BCUT2D eigenvalue weighted by molar-refractivity contribution is -0.0161. The van der Waals surface area contributed by atoms with Crippen molar-refractivity contribution in [2.45, 2.75) is 6.61 Å². The third-order valence-electron chi connectivity index (χ3n) is 3.32. The Labute approximate surface area is 114 Å². The van der Waals surface area contributed by atoms with Crippen LogP contribution in [0, 0.1) is 5.82 Å². The van der Waals surface area contributed by atoms with Gasteiger partial charge in [0.1, 0.15) is 17.4 Å². The second kappa shape index (κ2) is 4.31. The van der Waals surface area contributed by atoms with Crippen LogP contribution in [0.5, 0.6) is 5.75 Å². The number of aromatic amines is 1. The van der Waals surface area contributed by atoms with E-state index in [1.165, 1.54) is 12.1 Å². The number of nitrogens with zero attached hydrogens (tertiary/aromatic N) is 1. The molecule has 5 heteroatoms. The van der Waals surface area contributed by atoms with Crippen LogP contribution in [-0.2, 0) is 11.3 Å². The van der Waals surface area contributed by atoms with Crippen LogP contribution < -0.4 is 4.74 Å². The van der Waals surface area contributed by atoms with Gasteiger partial charge in [0.05, 0.1) is 23.2 Å². The van der Waals surface area contributed by atoms with Crippen molar-refractivity contribution in [1.82, 2.24) is 9.97 Å². The molecule has 4 nitrogen and oxygen atoms in total. The number of benzene rings is 2. The minimum absolute atomic E-state index is 0.172. The molecule has 2 heterocycles. The number of nitrogens with one attached hydrogen (secondary N) is 1. The van der Waals surface area contributed by atoms with Gasteiger partial charge >= 0.3 is 0 Å². The number of aromatic nitrogens is 2. The fraction of sp³-hybridized carbons (Fsp3) is 0.133. The largest absolute Gasteiger partial charge is 0.466 e. The number of rotatable bonds is 1. The van der Waals surface area contributed by atoms with Crippen molar-refractivity contribution in [1.29, 1.82) is 0 Å². The molecule has 0 radical (unpaired) electrons. The van der Waals surface area contributed by atoms with E-state index in [4.69, 9.17) is 9.47 Å². The highest BCUT2D eigenvalue weighted by Crippen LogP contribution is 2.36. The molecule has 1 N–H and O–H groups in total. The summed E-state index contributed by atoms with van der Waals surface area (Å²) in [4.78, 5) is 7.68. The van der Waals surface area contributed by atoms with Crippen LogP contribution in [0.25, 0.3) is 22.4 Å². The third kappa shape index (κ3) is 1.75. The molecule has 0 saturated carbocycles. The van der Waals surface area contributed by atoms with E-state index in [2.05, 4.69) is 9.97 Å². The van der Waals surface area contributed by atoms with Gasteiger partial charge in [-0.1, -0.05) is 12.1 Å². The fourth-order valence-electron chi connectivity index (χ4n) is 2.44. The smallest absolute Gasteiger partial charge is 0.189 e. The lowest BCUT2D eigenvalue weighted by atomic mass is 10.1. The molecule has 0 fully saturated rings. The van der Waals surface area contributed by atoms with Gasteiger partial charge < -0.3 is 14.5 Å². The zero-order valence-corrected chi connectivity index (χ0v) is 10.5. The van der Waals surface area contributed by atoms with Crippen LogP contribution in [0.1, 0.15) is 5.56 Å². The minimum atomic E-state index is -0.326. The molecule has 0 amide bonds. The van der Waals surface area contributed by atoms with Gasteiger partial charge in [-0.15, -0.1) is 0 Å². The Hall–Kier alpha value is -2.40. The molecule has 20 heavy (non-hydrogen) atoms. The predicted molar refractivity (Wildman–Crippen MR) is 71.8 cm³/mol. The van der Waals surface area contributed by atoms with Gasteiger partial charge in [-0.25, -0.2) is 9.37 Å². The molecule has 1 aromatic heterocycles. The monoisotopic (exact) mass is 270 g/mol. The first-order valence-corrected chi connectivity index (χ1v) is 6.29. The molecule has 0 unspecified atom stereocenters. The van der Waals surface area contributed by atoms with Crippen molar-refractivity contribution in [2.24, 2.45) is 0 Å². The number of halogens is 1. The van der Waals surface area contributed by atoms with Gasteiger partial charge in [-0.2, -0.15) is 0 Å². The van der Waals surface area contributed by atoms with E-state index in [1.54, 1.807) is 0 Å². The zero-order chi connectivity index (χ0) is 13.5. The molecular weight excluding hydrogens is 259 g/mol. The number of para-hydroxylation sites is 2. The molecule has 0 spiro atoms. The van der Waals surface area contributed by atoms with E-state index in [0.717, 1.165) is 11.0 Å². The Morgan fingerprint density at radius 1 is 1.20 bits per heavy atom. The SMILES string of the molecule is Fc1cc2c(c(-c3nc4ccccc4[nH]3)c1)OCOC2. The summed E-state index contributed by atoms with van der Waals surface area (Å²) in [6.45, 7) is 0.520. The number of ether oxygens (including phenoxy) is 2. The van der Waals surface area contributed by atoms with Gasteiger partial charge in [0, 0.05) is 5.56 Å². The van der Waals surface area contributed by atoms with E-state index in [-0.39, 0.29) is 12.6 Å². The Bertz CT molecular complexity index is 765. The van der Waals surface area contributed by atoms with Crippen molar-refractivity contribution < 1.29 is 13.9 Å². The molecule has 0 saturated heterocycles. The zero-order valence-electron chi connectivity index (χ0n) is 10.5. The van der Waals surface area contributed by atoms with Crippen LogP contribution in [-0.4, -0.2) is 16.8 Å². The number of imidazole rings is 1. The van der Waals surface area contributed by atoms with Crippen LogP contribution in [0.15, 0.2) is 36.4 Å². The van der Waals surface area contributed by atoms with Gasteiger partial charge in [-0.3, -0.25) is 0 Å². The summed E-state index contributed by atoms with van der Waals surface area (Å²) in [6, 6.07) is 10.5. The van der Waals surface area contributed by atoms with Gasteiger partial charge in [-0.05, 0) is 24.3 Å². The molecule has 2 aromatic carbocycles. The maximum Gasteiger partial charge on any atom is 0.189 e. The van der Waals surface area contributed by atoms with E-state index in [9.17, 15) is 4.39 Å². The van der Waals surface area contributed by atoms with Crippen molar-refractivity contribution in [3.05, 3.63) is 47.8 Å². The topological polar surface area (TPSA) is 47.1 Å². The number of hydrogen-bond acceptors (Lipinski definition) is 3. The van der Waals surface area contributed by atoms with Crippen LogP contribution in [0.3, 0.4) is 0 Å². The highest BCUT2D eigenvalue weighted by atomic mass is 19.1. The van der Waals surface area contributed by atoms with Gasteiger partial charge in [0.25, 0.3) is 0 Å². The summed E-state index contributed by atoms with van der Waals surface area (Å²) in [6.07, 6.45) is 0. The van der Waals surface area contributed by atoms with Crippen LogP contribution >= 0.6 is 0 Å². The van der Waals surface area contributed by atoms with E-state index in [0.29, 0.717) is 29.3 Å². The van der Waals surface area contributed by atoms with E-state index < -0.39 is 0 Å². The first-order valence-electron chi connectivity index (χ1n) is 6.29. The minimum Gasteiger partial charge on any atom is -0.466 e. The number of H-pyrrole nitrogens is 1. The molecule has 0 aliphatic carbocycles. The summed E-state index contributed by atoms with van der Waals surface area (Å²) in [7, 11) is 0. The summed E-state index contributed by atoms with van der Waals surface area (Å²) in [5.41, 5.74) is 3.08. The first-order chi connectivity index (χ1) is 9.81. The summed E-state index contributed by atoms with van der Waals surface area (Å²) < 4.78 is 24.4. The molecular formula is C15H11FN2O2. The highest BCUT2D eigenvalue weighted by Gasteiger charge is 2.20. The van der Waals surface area contributed by atoms with Crippen molar-refractivity contribution in [3.8, 4) is 17.1 Å². The second-order valence-electron chi connectivity index (χ2n) is 4.65. The predicted octanol–water partition coefficient (Wildman–Crippen LogP) is 3.24. The maximum atomic E-state index is 13.7. The normalized spacial score (nSPS) is 14.1. The summed E-state index contributed by atoms with van der Waals surface area (Å²) in [5.74, 6) is 0.911. The second-order valence-corrected chi connectivity index (χ2v) is 4.65. The molecule has 0 bridgehead atoms. The van der Waals surface area contributed by atoms with E-state index >= 15 is 0 Å². The molecule has 3 aromatic rings. The average molecular weight is 270 g/mol. The Kier molecular flexibility index (Phi) is 2.47. The molecule has 1 aliphatic heterocycles. The third-order valence-corrected chi connectivity index (χ3v) is 3.32. The Balaban J connectivity index is 1.94. The van der Waals surface area contributed by atoms with Crippen molar-refractivity contribution >= 4 is 11.0 Å². The van der Waals surface area contributed by atoms with Crippen molar-refractivity contribution in [3.63, 3.8) is 0 Å². The van der Waals surface area contributed by atoms with Gasteiger partial charge in [0.2, 0.25) is 0 Å². The van der Waals surface area contributed by atoms with E-state index in [1.807, 2.05) is 24.3 Å². The van der Waals surface area contributed by atoms with Crippen LogP contribution in [0.2, 0.25) is 0 Å². The maximum absolute atomic E-state index is 13.7. The number of fused-ring (bicyclic) bond motifs is 2. The number of hydrogen-bond donors (Lipinski definition) is 1. The quantitative estimate of drug-likeness (QED) is 0.738. The average Bonchev–Trinajstić information content (AvgIpc) is 2.90. The fourth-order valence-corrected chi connectivity index (χ4v) is 2.44. The Morgan fingerprint density at radius 2 is 2.10 bits per heavy atom. The Morgan fingerprint density at radius 3 is 3.00 bits per heavy atom. The van der Waals surface area contributed by atoms with Crippen LogP contribution in [0.4, 0.5) is 4.39 Å². The first kappa shape index (κ1) is 11.4. The lowest BCUT2D eigenvalue weighted by Crippen LogP contribution is -2.12. The molecule has 4 rings (SSSR count). The summed E-state index contributed by atoms with van der Waals surface area (Å²) in [5, 5.41) is 0. The standard InChI is InChI=1S/C15H11FN2O2/c16-10-5-9-7-19-8-20-14(9)11(6-10)15-17-12-3-1-2-4-13(12)18-15/h1-6H,7-8H2,(H,17,18).